The SMILES string of the molecule is CCOC(=O)NC(CNC(=NC)NCc1ccccc1F)CC(C)C.I. The van der Waals surface area contributed by atoms with Crippen LogP contribution in [0.5, 0.6) is 0 Å². The predicted octanol–water partition coefficient (Wildman–Crippen LogP) is 3.27. The van der Waals surface area contributed by atoms with E-state index in [4.69, 9.17) is 4.74 Å². The number of guanidine groups is 1. The van der Waals surface area contributed by atoms with Gasteiger partial charge in [-0.25, -0.2) is 9.18 Å². The molecule has 0 aliphatic heterocycles. The highest BCUT2D eigenvalue weighted by Crippen LogP contribution is 2.06. The van der Waals surface area contributed by atoms with Gasteiger partial charge in [-0.1, -0.05) is 32.0 Å². The summed E-state index contributed by atoms with van der Waals surface area (Å²) in [5, 5.41) is 9.07. The number of carbonyl (C=O) groups is 1. The summed E-state index contributed by atoms with van der Waals surface area (Å²) in [4.78, 5) is 15.8. The molecule has 0 heterocycles. The van der Waals surface area contributed by atoms with E-state index < -0.39 is 6.09 Å². The number of halogens is 2. The summed E-state index contributed by atoms with van der Waals surface area (Å²) in [5.41, 5.74) is 0.564. The van der Waals surface area contributed by atoms with E-state index in [2.05, 4.69) is 34.8 Å². The Morgan fingerprint density at radius 1 is 1.27 bits per heavy atom. The van der Waals surface area contributed by atoms with E-state index in [9.17, 15) is 9.18 Å². The number of amides is 1. The van der Waals surface area contributed by atoms with Gasteiger partial charge in [0.1, 0.15) is 5.82 Å². The Bertz CT molecular complexity index is 570. The summed E-state index contributed by atoms with van der Waals surface area (Å²) >= 11 is 0. The molecule has 26 heavy (non-hydrogen) atoms. The third kappa shape index (κ3) is 9.79. The van der Waals surface area contributed by atoms with Gasteiger partial charge in [0, 0.05) is 31.7 Å². The molecule has 0 saturated carbocycles. The van der Waals surface area contributed by atoms with Gasteiger partial charge in [0.2, 0.25) is 0 Å². The lowest BCUT2D eigenvalue weighted by Crippen LogP contribution is -2.47. The van der Waals surface area contributed by atoms with Crippen LogP contribution in [0.3, 0.4) is 0 Å². The molecule has 0 bridgehead atoms. The van der Waals surface area contributed by atoms with Gasteiger partial charge in [0.05, 0.1) is 6.61 Å². The maximum Gasteiger partial charge on any atom is 0.407 e. The molecule has 0 spiro atoms. The Hall–Kier alpha value is -1.58. The van der Waals surface area contributed by atoms with Crippen molar-refractivity contribution in [3.05, 3.63) is 35.6 Å². The number of aliphatic imine (C=N–C) groups is 1. The van der Waals surface area contributed by atoms with Gasteiger partial charge in [-0.05, 0) is 25.3 Å². The molecule has 1 amide bonds. The number of hydrogen-bond acceptors (Lipinski definition) is 3. The number of rotatable bonds is 8. The van der Waals surface area contributed by atoms with Gasteiger partial charge in [0.15, 0.2) is 5.96 Å². The highest BCUT2D eigenvalue weighted by atomic mass is 127. The molecule has 0 aliphatic rings. The number of carbonyl (C=O) groups excluding carboxylic acids is 1. The summed E-state index contributed by atoms with van der Waals surface area (Å²) in [5.74, 6) is 0.705. The largest absolute Gasteiger partial charge is 0.450 e. The third-order valence-corrected chi connectivity index (χ3v) is 3.50. The second kappa shape index (κ2) is 13.6. The van der Waals surface area contributed by atoms with Gasteiger partial charge in [-0.3, -0.25) is 4.99 Å². The number of benzene rings is 1. The van der Waals surface area contributed by atoms with E-state index in [0.29, 0.717) is 37.1 Å². The first-order chi connectivity index (χ1) is 12.0. The van der Waals surface area contributed by atoms with Crippen LogP contribution in [-0.2, 0) is 11.3 Å². The van der Waals surface area contributed by atoms with Crippen molar-refractivity contribution in [2.24, 2.45) is 10.9 Å². The summed E-state index contributed by atoms with van der Waals surface area (Å²) in [6, 6.07) is 6.50. The first-order valence-electron chi connectivity index (χ1n) is 8.57. The second-order valence-corrected chi connectivity index (χ2v) is 6.09. The molecule has 1 aromatic rings. The Labute approximate surface area is 172 Å². The predicted molar refractivity (Wildman–Crippen MR) is 113 cm³/mol. The third-order valence-electron chi connectivity index (χ3n) is 3.50. The molecular formula is C18H30FIN4O2. The fourth-order valence-corrected chi connectivity index (χ4v) is 2.36. The Morgan fingerprint density at radius 2 is 1.96 bits per heavy atom. The quantitative estimate of drug-likeness (QED) is 0.304. The Balaban J connectivity index is 0.00000625. The van der Waals surface area contributed by atoms with Crippen molar-refractivity contribution in [2.75, 3.05) is 20.2 Å². The maximum atomic E-state index is 13.7. The standard InChI is InChI=1S/C18H29FN4O2.HI/c1-5-25-18(24)23-15(10-13(2)3)12-22-17(20-4)21-11-14-8-6-7-9-16(14)19;/h6-9,13,15H,5,10-12H2,1-4H3,(H,23,24)(H2,20,21,22);1H. The smallest absolute Gasteiger partial charge is 0.407 e. The van der Waals surface area contributed by atoms with Crippen molar-refractivity contribution in [1.82, 2.24) is 16.0 Å². The van der Waals surface area contributed by atoms with E-state index in [0.717, 1.165) is 6.42 Å². The summed E-state index contributed by atoms with van der Waals surface area (Å²) in [7, 11) is 1.65. The molecule has 6 nitrogen and oxygen atoms in total. The molecule has 3 N–H and O–H groups in total. The average molecular weight is 480 g/mol. The second-order valence-electron chi connectivity index (χ2n) is 6.09. The zero-order valence-electron chi connectivity index (χ0n) is 15.8. The topological polar surface area (TPSA) is 74.8 Å². The lowest BCUT2D eigenvalue weighted by atomic mass is 10.0. The van der Waals surface area contributed by atoms with Crippen molar-refractivity contribution in [3.63, 3.8) is 0 Å². The van der Waals surface area contributed by atoms with Gasteiger partial charge >= 0.3 is 6.09 Å². The normalized spacial score (nSPS) is 12.2. The van der Waals surface area contributed by atoms with Crippen molar-refractivity contribution >= 4 is 36.0 Å². The van der Waals surface area contributed by atoms with Gasteiger partial charge in [0.25, 0.3) is 0 Å². The molecule has 0 fully saturated rings. The van der Waals surface area contributed by atoms with E-state index in [1.165, 1.54) is 6.07 Å². The molecule has 0 aliphatic carbocycles. The van der Waals surface area contributed by atoms with Crippen LogP contribution in [0.15, 0.2) is 29.3 Å². The molecule has 148 valence electrons. The minimum Gasteiger partial charge on any atom is -0.450 e. The van der Waals surface area contributed by atoms with E-state index >= 15 is 0 Å². The van der Waals surface area contributed by atoms with Crippen LogP contribution in [0.1, 0.15) is 32.8 Å². The monoisotopic (exact) mass is 480 g/mol. The van der Waals surface area contributed by atoms with Crippen LogP contribution in [0, 0.1) is 11.7 Å². The van der Waals surface area contributed by atoms with Gasteiger partial charge in [-0.2, -0.15) is 0 Å². The summed E-state index contributed by atoms with van der Waals surface area (Å²) in [6.45, 7) is 7.10. The summed E-state index contributed by atoms with van der Waals surface area (Å²) < 4.78 is 18.6. The number of nitrogens with one attached hydrogen (secondary N) is 3. The van der Waals surface area contributed by atoms with E-state index in [-0.39, 0.29) is 35.8 Å². The first-order valence-corrected chi connectivity index (χ1v) is 8.57. The lowest BCUT2D eigenvalue weighted by molar-refractivity contribution is 0.146. The molecule has 8 heteroatoms. The van der Waals surface area contributed by atoms with E-state index in [1.807, 2.05) is 0 Å². The molecule has 1 atom stereocenters. The Morgan fingerprint density at radius 3 is 2.54 bits per heavy atom. The van der Waals surface area contributed by atoms with E-state index in [1.54, 1.807) is 32.2 Å². The van der Waals surface area contributed by atoms with Crippen LogP contribution < -0.4 is 16.0 Å². The number of alkyl carbamates (subject to hydrolysis) is 1. The summed E-state index contributed by atoms with van der Waals surface area (Å²) in [6.07, 6.45) is 0.375. The number of ether oxygens (including phenoxy) is 1. The van der Waals surface area contributed by atoms with Crippen LogP contribution in [0.2, 0.25) is 0 Å². The molecule has 0 aromatic heterocycles. The number of hydrogen-bond donors (Lipinski definition) is 3. The molecule has 0 saturated heterocycles. The van der Waals surface area contributed by atoms with Crippen LogP contribution >= 0.6 is 24.0 Å². The van der Waals surface area contributed by atoms with Crippen molar-refractivity contribution in [2.45, 2.75) is 39.8 Å². The zero-order valence-corrected chi connectivity index (χ0v) is 18.2. The lowest BCUT2D eigenvalue weighted by Gasteiger charge is -2.22. The van der Waals surface area contributed by atoms with Gasteiger partial charge < -0.3 is 20.7 Å². The van der Waals surface area contributed by atoms with Crippen molar-refractivity contribution in [3.8, 4) is 0 Å². The fraction of sp³-hybridized carbons (Fsp3) is 0.556. The van der Waals surface area contributed by atoms with Crippen LogP contribution in [0.25, 0.3) is 0 Å². The minimum atomic E-state index is -0.427. The number of nitrogens with zero attached hydrogens (tertiary/aromatic N) is 1. The molecule has 1 unspecified atom stereocenters. The van der Waals surface area contributed by atoms with Crippen LogP contribution in [-0.4, -0.2) is 38.3 Å². The zero-order chi connectivity index (χ0) is 18.7. The maximum absolute atomic E-state index is 13.7. The van der Waals surface area contributed by atoms with Crippen molar-refractivity contribution < 1.29 is 13.9 Å². The van der Waals surface area contributed by atoms with Crippen LogP contribution in [0.4, 0.5) is 9.18 Å². The molecular weight excluding hydrogens is 450 g/mol. The highest BCUT2D eigenvalue weighted by molar-refractivity contribution is 14.0. The molecule has 1 aromatic carbocycles. The molecule has 1 rings (SSSR count). The minimum absolute atomic E-state index is 0. The average Bonchev–Trinajstić information content (AvgIpc) is 2.56. The first kappa shape index (κ1) is 24.4. The molecule has 0 radical (unpaired) electrons. The van der Waals surface area contributed by atoms with Crippen molar-refractivity contribution in [1.29, 1.82) is 0 Å². The highest BCUT2D eigenvalue weighted by Gasteiger charge is 2.15. The van der Waals surface area contributed by atoms with Gasteiger partial charge in [-0.15, -0.1) is 24.0 Å². The Kier molecular flexibility index (Phi) is 12.8. The fourth-order valence-electron chi connectivity index (χ4n) is 2.36.